The van der Waals surface area contributed by atoms with Crippen molar-refractivity contribution in [2.24, 2.45) is 5.73 Å². The van der Waals surface area contributed by atoms with Gasteiger partial charge in [0.1, 0.15) is 0 Å². The van der Waals surface area contributed by atoms with E-state index in [9.17, 15) is 0 Å². The average Bonchev–Trinajstić information content (AvgIpc) is 1.98. The Bertz CT molecular complexity index is 91.3. The van der Waals surface area contributed by atoms with Crippen LogP contribution in [0.1, 0.15) is 19.8 Å². The van der Waals surface area contributed by atoms with Crippen LogP contribution in [0.15, 0.2) is 12.2 Å². The van der Waals surface area contributed by atoms with Gasteiger partial charge in [-0.05, 0) is 19.4 Å². The molecule has 0 radical (unpaired) electrons. The van der Waals surface area contributed by atoms with Gasteiger partial charge >= 0.3 is 0 Å². The molecular weight excluding hydrogens is 126 g/mol. The number of hydrogen-bond acceptors (Lipinski definition) is 2. The van der Waals surface area contributed by atoms with E-state index in [0.29, 0.717) is 13.2 Å². The van der Waals surface area contributed by atoms with Gasteiger partial charge in [-0.25, -0.2) is 0 Å². The van der Waals surface area contributed by atoms with Crippen molar-refractivity contribution in [3.05, 3.63) is 12.2 Å². The van der Waals surface area contributed by atoms with Crippen molar-refractivity contribution in [3.8, 4) is 0 Å². The fourth-order valence-corrected chi connectivity index (χ4v) is 0.504. The highest BCUT2D eigenvalue weighted by Crippen LogP contribution is 1.96. The second-order valence-corrected chi connectivity index (χ2v) is 2.30. The lowest BCUT2D eigenvalue weighted by Crippen LogP contribution is -2.05. The summed E-state index contributed by atoms with van der Waals surface area (Å²) in [4.78, 5) is 0. The molecule has 0 saturated heterocycles. The summed E-state index contributed by atoms with van der Waals surface area (Å²) < 4.78 is 5.25. The van der Waals surface area contributed by atoms with Crippen molar-refractivity contribution in [1.82, 2.24) is 0 Å². The number of hydrogen-bond donors (Lipinski definition) is 1. The summed E-state index contributed by atoms with van der Waals surface area (Å²) in [5.41, 5.74) is 6.43. The lowest BCUT2D eigenvalue weighted by molar-refractivity contribution is 0.153. The molecule has 0 unspecified atom stereocenters. The van der Waals surface area contributed by atoms with Crippen LogP contribution in [-0.2, 0) is 4.74 Å². The molecule has 0 saturated carbocycles. The summed E-state index contributed by atoms with van der Waals surface area (Å²) in [5, 5.41) is 0. The molecule has 0 rings (SSSR count). The maximum atomic E-state index is 5.28. The normalized spacial score (nSPS) is 9.80. The second-order valence-electron chi connectivity index (χ2n) is 2.30. The number of nitrogens with two attached hydrogens (primary N) is 1. The Labute approximate surface area is 63.1 Å². The third kappa shape index (κ3) is 5.79. The van der Waals surface area contributed by atoms with Gasteiger partial charge < -0.3 is 10.5 Å². The molecule has 0 heterocycles. The lowest BCUT2D eigenvalue weighted by Gasteiger charge is -2.02. The van der Waals surface area contributed by atoms with Gasteiger partial charge in [0.2, 0.25) is 0 Å². The van der Waals surface area contributed by atoms with E-state index < -0.39 is 0 Å². The van der Waals surface area contributed by atoms with Crippen LogP contribution in [0.5, 0.6) is 0 Å². The highest BCUT2D eigenvalue weighted by atomic mass is 16.5. The van der Waals surface area contributed by atoms with Crippen molar-refractivity contribution in [3.63, 3.8) is 0 Å². The van der Waals surface area contributed by atoms with Crippen molar-refractivity contribution < 1.29 is 4.74 Å². The maximum absolute atomic E-state index is 5.28. The van der Waals surface area contributed by atoms with Crippen molar-refractivity contribution in [2.75, 3.05) is 19.8 Å². The van der Waals surface area contributed by atoms with Gasteiger partial charge in [0.15, 0.2) is 0 Å². The smallest absolute Gasteiger partial charge is 0.0674 e. The molecule has 0 aliphatic heterocycles. The zero-order valence-corrected chi connectivity index (χ0v) is 6.73. The first-order valence-electron chi connectivity index (χ1n) is 3.75. The number of ether oxygens (including phenoxy) is 1. The molecule has 0 aromatic rings. The summed E-state index contributed by atoms with van der Waals surface area (Å²) in [5.74, 6) is 0. The topological polar surface area (TPSA) is 35.2 Å². The molecule has 2 heteroatoms. The predicted octanol–water partition coefficient (Wildman–Crippen LogP) is 1.32. The summed E-state index contributed by atoms with van der Waals surface area (Å²) in [6.07, 6.45) is 1.94. The Morgan fingerprint density at radius 2 is 2.30 bits per heavy atom. The van der Waals surface area contributed by atoms with E-state index in [1.165, 1.54) is 0 Å². The van der Waals surface area contributed by atoms with E-state index >= 15 is 0 Å². The van der Waals surface area contributed by atoms with Crippen LogP contribution in [0.25, 0.3) is 0 Å². The number of rotatable bonds is 6. The molecule has 0 atom stereocenters. The quantitative estimate of drug-likeness (QED) is 0.449. The first-order valence-corrected chi connectivity index (χ1v) is 3.75. The van der Waals surface area contributed by atoms with E-state index in [1.807, 2.05) is 0 Å². The molecule has 10 heavy (non-hydrogen) atoms. The van der Waals surface area contributed by atoms with E-state index in [0.717, 1.165) is 25.0 Å². The standard InChI is InChI=1S/C8H17NO/c1-3-8(2)7-10-6-4-5-9/h2-7,9H2,1H3. The Hall–Kier alpha value is -0.340. The van der Waals surface area contributed by atoms with Gasteiger partial charge in [0, 0.05) is 6.61 Å². The second kappa shape index (κ2) is 6.78. The Morgan fingerprint density at radius 1 is 1.60 bits per heavy atom. The first-order chi connectivity index (χ1) is 4.81. The minimum absolute atomic E-state index is 0.691. The predicted molar refractivity (Wildman–Crippen MR) is 43.9 cm³/mol. The highest BCUT2D eigenvalue weighted by molar-refractivity contribution is 4.92. The molecule has 0 aliphatic carbocycles. The first kappa shape index (κ1) is 9.66. The fourth-order valence-electron chi connectivity index (χ4n) is 0.504. The Kier molecular flexibility index (Phi) is 6.55. The van der Waals surface area contributed by atoms with Crippen LogP contribution in [0, 0.1) is 0 Å². The zero-order valence-electron chi connectivity index (χ0n) is 6.73. The van der Waals surface area contributed by atoms with Gasteiger partial charge in [0.05, 0.1) is 6.61 Å². The molecule has 0 spiro atoms. The molecular formula is C8H17NO. The van der Waals surface area contributed by atoms with Crippen molar-refractivity contribution >= 4 is 0 Å². The summed E-state index contributed by atoms with van der Waals surface area (Å²) >= 11 is 0. The lowest BCUT2D eigenvalue weighted by atomic mass is 10.2. The minimum Gasteiger partial charge on any atom is -0.377 e. The summed E-state index contributed by atoms with van der Waals surface area (Å²) in [6, 6.07) is 0. The van der Waals surface area contributed by atoms with Crippen molar-refractivity contribution in [2.45, 2.75) is 19.8 Å². The maximum Gasteiger partial charge on any atom is 0.0674 e. The molecule has 0 aromatic carbocycles. The molecule has 2 nitrogen and oxygen atoms in total. The Balaban J connectivity index is 2.96. The molecule has 0 amide bonds. The fraction of sp³-hybridized carbons (Fsp3) is 0.750. The van der Waals surface area contributed by atoms with Gasteiger partial charge in [-0.3, -0.25) is 0 Å². The van der Waals surface area contributed by atoms with E-state index in [2.05, 4.69) is 13.5 Å². The van der Waals surface area contributed by atoms with Crippen LogP contribution in [0.2, 0.25) is 0 Å². The van der Waals surface area contributed by atoms with Crippen LogP contribution >= 0.6 is 0 Å². The molecule has 0 bridgehead atoms. The van der Waals surface area contributed by atoms with Crippen LogP contribution in [0.4, 0.5) is 0 Å². The SMILES string of the molecule is C=C(CC)COCCCN. The van der Waals surface area contributed by atoms with E-state index in [-0.39, 0.29) is 0 Å². The van der Waals surface area contributed by atoms with Crippen molar-refractivity contribution in [1.29, 1.82) is 0 Å². The third-order valence-electron chi connectivity index (χ3n) is 1.30. The minimum atomic E-state index is 0.691. The molecule has 60 valence electrons. The molecule has 2 N–H and O–H groups in total. The Morgan fingerprint density at radius 3 is 2.80 bits per heavy atom. The van der Waals surface area contributed by atoms with E-state index in [1.54, 1.807) is 0 Å². The van der Waals surface area contributed by atoms with E-state index in [4.69, 9.17) is 10.5 Å². The van der Waals surface area contributed by atoms with Gasteiger partial charge in [0.25, 0.3) is 0 Å². The zero-order chi connectivity index (χ0) is 7.82. The third-order valence-corrected chi connectivity index (χ3v) is 1.30. The average molecular weight is 143 g/mol. The van der Waals surface area contributed by atoms with Crippen LogP contribution in [0.3, 0.4) is 0 Å². The van der Waals surface area contributed by atoms with Gasteiger partial charge in [-0.1, -0.05) is 19.1 Å². The summed E-state index contributed by atoms with van der Waals surface area (Å²) in [7, 11) is 0. The van der Waals surface area contributed by atoms with Crippen LogP contribution < -0.4 is 5.73 Å². The highest BCUT2D eigenvalue weighted by Gasteiger charge is 1.89. The summed E-state index contributed by atoms with van der Waals surface area (Å²) in [6.45, 7) is 8.05. The van der Waals surface area contributed by atoms with Gasteiger partial charge in [-0.2, -0.15) is 0 Å². The monoisotopic (exact) mass is 143 g/mol. The molecule has 0 fully saturated rings. The van der Waals surface area contributed by atoms with Gasteiger partial charge in [-0.15, -0.1) is 0 Å². The largest absolute Gasteiger partial charge is 0.377 e. The molecule has 0 aromatic heterocycles. The molecule has 0 aliphatic rings. The van der Waals surface area contributed by atoms with Crippen LogP contribution in [-0.4, -0.2) is 19.8 Å².